The van der Waals surface area contributed by atoms with E-state index in [9.17, 15) is 14.4 Å². The Hall–Kier alpha value is -2.02. The first-order chi connectivity index (χ1) is 10.4. The summed E-state index contributed by atoms with van der Waals surface area (Å²) in [5.41, 5.74) is 0.849. The summed E-state index contributed by atoms with van der Waals surface area (Å²) in [6, 6.07) is 5.96. The Kier molecular flexibility index (Phi) is 4.75. The smallest absolute Gasteiger partial charge is 0.337 e. The molecule has 0 radical (unpaired) electrons. The third kappa shape index (κ3) is 3.24. The van der Waals surface area contributed by atoms with Crippen molar-refractivity contribution in [3.05, 3.63) is 29.8 Å². The van der Waals surface area contributed by atoms with E-state index in [0.717, 1.165) is 0 Å². The predicted octanol–water partition coefficient (Wildman–Crippen LogP) is 1.72. The molecule has 1 fully saturated rings. The summed E-state index contributed by atoms with van der Waals surface area (Å²) in [5.74, 6) is -0.204. The second-order valence-electron chi connectivity index (χ2n) is 5.35. The van der Waals surface area contributed by atoms with Gasteiger partial charge in [-0.2, -0.15) is 0 Å². The van der Waals surface area contributed by atoms with Crippen LogP contribution >= 0.6 is 11.8 Å². The topological polar surface area (TPSA) is 75.7 Å². The molecule has 0 saturated carbocycles. The number of nitrogens with zero attached hydrogens (tertiary/aromatic N) is 1. The molecule has 0 aromatic heterocycles. The highest BCUT2D eigenvalue weighted by Gasteiger charge is 2.42. The normalized spacial score (nSPS) is 19.6. The number of methoxy groups -OCH3 is 1. The molecule has 1 N–H and O–H groups in total. The van der Waals surface area contributed by atoms with Crippen molar-refractivity contribution in [3.8, 4) is 0 Å². The van der Waals surface area contributed by atoms with Crippen LogP contribution in [0.4, 0.5) is 5.69 Å². The summed E-state index contributed by atoms with van der Waals surface area (Å²) >= 11 is 1.55. The minimum atomic E-state index is -0.528. The van der Waals surface area contributed by atoms with E-state index < -0.39 is 16.9 Å². The highest BCUT2D eigenvalue weighted by molar-refractivity contribution is 8.00. The molecule has 6 nitrogen and oxygen atoms in total. The summed E-state index contributed by atoms with van der Waals surface area (Å²) in [4.78, 5) is 36.2. The van der Waals surface area contributed by atoms with Crippen LogP contribution in [0.25, 0.3) is 0 Å². The van der Waals surface area contributed by atoms with Gasteiger partial charge in [-0.25, -0.2) is 4.79 Å². The number of carbonyl (C=O) groups excluding carboxylic acids is 3. The Morgan fingerprint density at radius 3 is 2.82 bits per heavy atom. The number of anilines is 1. The van der Waals surface area contributed by atoms with Gasteiger partial charge in [0.05, 0.1) is 17.5 Å². The summed E-state index contributed by atoms with van der Waals surface area (Å²) in [7, 11) is 1.30. The first kappa shape index (κ1) is 16.4. The second-order valence-corrected chi connectivity index (χ2v) is 6.97. The molecule has 0 spiro atoms. The largest absolute Gasteiger partial charge is 0.465 e. The van der Waals surface area contributed by atoms with Crippen LogP contribution in [0.1, 0.15) is 24.2 Å². The quantitative estimate of drug-likeness (QED) is 0.675. The fourth-order valence-corrected chi connectivity index (χ4v) is 3.48. The van der Waals surface area contributed by atoms with E-state index in [-0.39, 0.29) is 5.91 Å². The lowest BCUT2D eigenvalue weighted by Crippen LogP contribution is -2.47. The third-order valence-corrected chi connectivity index (χ3v) is 4.92. The van der Waals surface area contributed by atoms with Gasteiger partial charge in [0.2, 0.25) is 12.3 Å². The number of hydrogen-bond donors (Lipinski definition) is 1. The van der Waals surface area contributed by atoms with Crippen LogP contribution in [0.5, 0.6) is 0 Å². The number of hydrogen-bond acceptors (Lipinski definition) is 5. The molecule has 1 aliphatic heterocycles. The lowest BCUT2D eigenvalue weighted by molar-refractivity contribution is -0.130. The van der Waals surface area contributed by atoms with E-state index in [4.69, 9.17) is 0 Å². The summed E-state index contributed by atoms with van der Waals surface area (Å²) in [6.45, 7) is 3.80. The minimum Gasteiger partial charge on any atom is -0.465 e. The number of esters is 1. The number of nitrogens with one attached hydrogen (secondary N) is 1. The maximum atomic E-state index is 12.4. The van der Waals surface area contributed by atoms with Gasteiger partial charge < -0.3 is 15.0 Å². The molecule has 118 valence electrons. The second kappa shape index (κ2) is 6.39. The number of amides is 2. The monoisotopic (exact) mass is 322 g/mol. The van der Waals surface area contributed by atoms with Gasteiger partial charge >= 0.3 is 5.97 Å². The number of benzene rings is 1. The Morgan fingerprint density at radius 1 is 1.45 bits per heavy atom. The molecule has 1 atom stereocenters. The average molecular weight is 322 g/mol. The van der Waals surface area contributed by atoms with Crippen LogP contribution in [0.15, 0.2) is 24.3 Å². The molecule has 1 saturated heterocycles. The number of thioether (sulfide) groups is 1. The summed E-state index contributed by atoms with van der Waals surface area (Å²) in [6.07, 6.45) is 0.703. The maximum absolute atomic E-state index is 12.4. The van der Waals surface area contributed by atoms with E-state index in [2.05, 4.69) is 10.1 Å². The predicted molar refractivity (Wildman–Crippen MR) is 84.6 cm³/mol. The maximum Gasteiger partial charge on any atom is 0.337 e. The Bertz CT molecular complexity index is 603. The van der Waals surface area contributed by atoms with E-state index in [1.807, 2.05) is 13.8 Å². The summed E-state index contributed by atoms with van der Waals surface area (Å²) in [5, 5.41) is 2.74. The van der Waals surface area contributed by atoms with E-state index >= 15 is 0 Å². The van der Waals surface area contributed by atoms with Crippen molar-refractivity contribution in [1.82, 2.24) is 4.90 Å². The first-order valence-electron chi connectivity index (χ1n) is 6.76. The molecule has 1 aromatic rings. The molecule has 2 amide bonds. The number of ether oxygens (including phenoxy) is 1. The van der Waals surface area contributed by atoms with Gasteiger partial charge in [-0.15, -0.1) is 11.8 Å². The lowest BCUT2D eigenvalue weighted by atomic mass is 10.2. The molecule has 0 bridgehead atoms. The fourth-order valence-electron chi connectivity index (χ4n) is 2.28. The standard InChI is InChI=1S/C15H18N2O4S/c1-15(2)17(9-18)12(8-22-15)13(19)16-11-6-4-5-10(7-11)14(20)21-3/h4-7,9,12H,8H2,1-3H3,(H,16,19). The Balaban J connectivity index is 2.13. The van der Waals surface area contributed by atoms with Crippen molar-refractivity contribution in [1.29, 1.82) is 0 Å². The molecule has 0 aliphatic carbocycles. The Morgan fingerprint density at radius 2 is 2.18 bits per heavy atom. The molecule has 2 rings (SSSR count). The molecule has 1 unspecified atom stereocenters. The first-order valence-corrected chi connectivity index (χ1v) is 7.74. The van der Waals surface area contributed by atoms with E-state index in [0.29, 0.717) is 23.4 Å². The van der Waals surface area contributed by atoms with Crippen LogP contribution in [0, 0.1) is 0 Å². The van der Waals surface area contributed by atoms with Gasteiger partial charge in [-0.05, 0) is 32.0 Å². The van der Waals surface area contributed by atoms with Gasteiger partial charge in [0.25, 0.3) is 0 Å². The van der Waals surface area contributed by atoms with Crippen molar-refractivity contribution < 1.29 is 19.1 Å². The van der Waals surface area contributed by atoms with Crippen LogP contribution in [-0.4, -0.2) is 47.0 Å². The van der Waals surface area contributed by atoms with Gasteiger partial charge in [0, 0.05) is 11.4 Å². The SMILES string of the molecule is COC(=O)c1cccc(NC(=O)C2CSC(C)(C)N2C=O)c1. The molecule has 1 aromatic carbocycles. The van der Waals surface area contributed by atoms with Crippen molar-refractivity contribution in [2.75, 3.05) is 18.2 Å². The third-order valence-electron chi connectivity index (χ3n) is 3.52. The highest BCUT2D eigenvalue weighted by Crippen LogP contribution is 2.37. The van der Waals surface area contributed by atoms with Crippen LogP contribution in [-0.2, 0) is 14.3 Å². The zero-order valence-corrected chi connectivity index (χ0v) is 13.5. The lowest BCUT2D eigenvalue weighted by Gasteiger charge is -2.30. The van der Waals surface area contributed by atoms with E-state index in [1.165, 1.54) is 12.0 Å². The molecule has 22 heavy (non-hydrogen) atoms. The van der Waals surface area contributed by atoms with Gasteiger partial charge in [-0.3, -0.25) is 9.59 Å². The van der Waals surface area contributed by atoms with Gasteiger partial charge in [-0.1, -0.05) is 6.07 Å². The van der Waals surface area contributed by atoms with Crippen LogP contribution in [0.2, 0.25) is 0 Å². The number of carbonyl (C=O) groups is 3. The Labute approximate surface area is 133 Å². The van der Waals surface area contributed by atoms with E-state index in [1.54, 1.807) is 36.0 Å². The zero-order chi connectivity index (χ0) is 16.3. The van der Waals surface area contributed by atoms with Crippen molar-refractivity contribution in [3.63, 3.8) is 0 Å². The number of rotatable bonds is 4. The molecule has 1 heterocycles. The van der Waals surface area contributed by atoms with Crippen molar-refractivity contribution >= 4 is 35.7 Å². The molecular formula is C15H18N2O4S. The summed E-state index contributed by atoms with van der Waals surface area (Å²) < 4.78 is 4.65. The zero-order valence-electron chi connectivity index (χ0n) is 12.7. The molecule has 7 heteroatoms. The van der Waals surface area contributed by atoms with Crippen LogP contribution in [0.3, 0.4) is 0 Å². The minimum absolute atomic E-state index is 0.271. The van der Waals surface area contributed by atoms with Gasteiger partial charge in [0.15, 0.2) is 0 Å². The van der Waals surface area contributed by atoms with Crippen LogP contribution < -0.4 is 5.32 Å². The fraction of sp³-hybridized carbons (Fsp3) is 0.400. The highest BCUT2D eigenvalue weighted by atomic mass is 32.2. The average Bonchev–Trinajstić information content (AvgIpc) is 2.81. The van der Waals surface area contributed by atoms with Gasteiger partial charge in [0.1, 0.15) is 6.04 Å². The molecular weight excluding hydrogens is 304 g/mol. The van der Waals surface area contributed by atoms with Crippen molar-refractivity contribution in [2.45, 2.75) is 24.8 Å². The van der Waals surface area contributed by atoms with Crippen molar-refractivity contribution in [2.24, 2.45) is 0 Å². The molecule has 1 aliphatic rings.